The third-order valence-corrected chi connectivity index (χ3v) is 2.79. The van der Waals surface area contributed by atoms with Crippen LogP contribution in [0.2, 0.25) is 0 Å². The number of hydrogen-bond acceptors (Lipinski definition) is 3. The van der Waals surface area contributed by atoms with Crippen molar-refractivity contribution in [1.29, 1.82) is 0 Å². The molecular weight excluding hydrogens is 224 g/mol. The van der Waals surface area contributed by atoms with E-state index >= 15 is 0 Å². The Balaban J connectivity index is 2.44. The van der Waals surface area contributed by atoms with Crippen molar-refractivity contribution >= 4 is 16.6 Å². The highest BCUT2D eigenvalue weighted by atomic mass is 16.5. The molecule has 18 heavy (non-hydrogen) atoms. The molecule has 1 aromatic heterocycles. The molecule has 0 saturated carbocycles. The first-order chi connectivity index (χ1) is 8.60. The maximum atomic E-state index is 6.10. The lowest BCUT2D eigenvalue weighted by atomic mass is 10.1. The fraction of sp³-hybridized carbons (Fsp3) is 0.400. The number of anilines is 1. The van der Waals surface area contributed by atoms with E-state index in [0.29, 0.717) is 12.5 Å². The van der Waals surface area contributed by atoms with Crippen LogP contribution in [0.15, 0.2) is 24.3 Å². The number of pyridine rings is 1. The lowest BCUT2D eigenvalue weighted by molar-refractivity contribution is 0.340. The second kappa shape index (κ2) is 5.25. The molecule has 96 valence electrons. The molecule has 0 amide bonds. The van der Waals surface area contributed by atoms with Gasteiger partial charge in [-0.15, -0.1) is 0 Å². The van der Waals surface area contributed by atoms with Gasteiger partial charge in [0.15, 0.2) is 0 Å². The summed E-state index contributed by atoms with van der Waals surface area (Å²) in [7, 11) is 0. The third kappa shape index (κ3) is 2.73. The van der Waals surface area contributed by atoms with E-state index in [1.807, 2.05) is 31.2 Å². The van der Waals surface area contributed by atoms with E-state index in [1.54, 1.807) is 0 Å². The highest BCUT2D eigenvalue weighted by Crippen LogP contribution is 2.26. The number of nitrogen functional groups attached to an aromatic ring is 1. The Morgan fingerprint density at radius 1 is 1.28 bits per heavy atom. The number of nitrogens with two attached hydrogens (primary N) is 1. The lowest BCUT2D eigenvalue weighted by Gasteiger charge is -2.10. The smallest absolute Gasteiger partial charge is 0.120 e. The Hall–Kier alpha value is -1.77. The summed E-state index contributed by atoms with van der Waals surface area (Å²) >= 11 is 0. The molecule has 0 aliphatic rings. The van der Waals surface area contributed by atoms with Gasteiger partial charge in [-0.05, 0) is 43.5 Å². The summed E-state index contributed by atoms with van der Waals surface area (Å²) in [5.41, 5.74) is 8.87. The van der Waals surface area contributed by atoms with Crippen LogP contribution in [-0.4, -0.2) is 11.6 Å². The monoisotopic (exact) mass is 244 g/mol. The van der Waals surface area contributed by atoms with Crippen LogP contribution >= 0.6 is 0 Å². The minimum Gasteiger partial charge on any atom is -0.494 e. The Morgan fingerprint density at radius 3 is 2.72 bits per heavy atom. The molecule has 3 nitrogen and oxygen atoms in total. The van der Waals surface area contributed by atoms with E-state index in [2.05, 4.69) is 18.8 Å². The number of fused-ring (bicyclic) bond motifs is 1. The second-order valence-corrected chi connectivity index (χ2v) is 4.91. The van der Waals surface area contributed by atoms with Gasteiger partial charge in [0.05, 0.1) is 12.1 Å². The van der Waals surface area contributed by atoms with Crippen molar-refractivity contribution in [3.05, 3.63) is 30.0 Å². The first-order valence-corrected chi connectivity index (χ1v) is 6.42. The van der Waals surface area contributed by atoms with Gasteiger partial charge in [-0.2, -0.15) is 0 Å². The summed E-state index contributed by atoms with van der Waals surface area (Å²) in [5, 5.41) is 0.966. The summed E-state index contributed by atoms with van der Waals surface area (Å²) < 4.78 is 5.48. The van der Waals surface area contributed by atoms with Crippen LogP contribution in [0, 0.1) is 5.92 Å². The summed E-state index contributed by atoms with van der Waals surface area (Å²) in [6.45, 7) is 6.99. The fourth-order valence-corrected chi connectivity index (χ4v) is 2.07. The molecule has 0 aliphatic heterocycles. The molecule has 0 saturated heterocycles. The molecule has 0 bridgehead atoms. The zero-order valence-electron chi connectivity index (χ0n) is 11.2. The molecule has 0 unspecified atom stereocenters. The number of aromatic nitrogens is 1. The van der Waals surface area contributed by atoms with Crippen LogP contribution in [-0.2, 0) is 6.42 Å². The van der Waals surface area contributed by atoms with Gasteiger partial charge in [0.2, 0.25) is 0 Å². The van der Waals surface area contributed by atoms with Gasteiger partial charge >= 0.3 is 0 Å². The maximum Gasteiger partial charge on any atom is 0.120 e. The Kier molecular flexibility index (Phi) is 3.70. The van der Waals surface area contributed by atoms with Gasteiger partial charge in [-0.25, -0.2) is 0 Å². The molecule has 3 heteroatoms. The largest absolute Gasteiger partial charge is 0.494 e. The highest BCUT2D eigenvalue weighted by molar-refractivity contribution is 5.91. The zero-order chi connectivity index (χ0) is 13.1. The molecule has 0 aliphatic carbocycles. The average Bonchev–Trinajstić information content (AvgIpc) is 2.29. The SMILES string of the molecule is CCOc1ccc2nc(CC(C)C)cc(N)c2c1. The normalized spacial score (nSPS) is 11.1. The lowest BCUT2D eigenvalue weighted by Crippen LogP contribution is -2.00. The fourth-order valence-electron chi connectivity index (χ4n) is 2.07. The van der Waals surface area contributed by atoms with Crippen molar-refractivity contribution in [2.24, 2.45) is 5.92 Å². The van der Waals surface area contributed by atoms with E-state index in [9.17, 15) is 0 Å². The molecule has 2 aromatic rings. The molecule has 0 fully saturated rings. The van der Waals surface area contributed by atoms with Crippen LogP contribution in [0.5, 0.6) is 5.75 Å². The van der Waals surface area contributed by atoms with Gasteiger partial charge < -0.3 is 10.5 Å². The van der Waals surface area contributed by atoms with Gasteiger partial charge in [0, 0.05) is 16.8 Å². The van der Waals surface area contributed by atoms with E-state index in [4.69, 9.17) is 10.5 Å². The van der Waals surface area contributed by atoms with Crippen LogP contribution in [0.3, 0.4) is 0 Å². The minimum absolute atomic E-state index is 0.581. The van der Waals surface area contributed by atoms with Gasteiger partial charge in [-0.1, -0.05) is 13.8 Å². The van der Waals surface area contributed by atoms with Crippen molar-refractivity contribution in [1.82, 2.24) is 4.98 Å². The van der Waals surface area contributed by atoms with Gasteiger partial charge in [0.1, 0.15) is 5.75 Å². The molecule has 0 radical (unpaired) electrons. The maximum absolute atomic E-state index is 6.10. The standard InChI is InChI=1S/C15H20N2O/c1-4-18-12-5-6-15-13(9-12)14(16)8-11(17-15)7-10(2)3/h5-6,8-10H,4,7H2,1-3H3,(H2,16,17). The average molecular weight is 244 g/mol. The van der Waals surface area contributed by atoms with Crippen LogP contribution in [0.4, 0.5) is 5.69 Å². The summed E-state index contributed by atoms with van der Waals surface area (Å²) in [5.74, 6) is 1.42. The Bertz CT molecular complexity index is 549. The predicted molar refractivity (Wildman–Crippen MR) is 75.9 cm³/mol. The first kappa shape index (κ1) is 12.7. The molecule has 1 aromatic carbocycles. The second-order valence-electron chi connectivity index (χ2n) is 4.91. The molecule has 2 rings (SSSR count). The molecule has 2 N–H and O–H groups in total. The zero-order valence-corrected chi connectivity index (χ0v) is 11.2. The van der Waals surface area contributed by atoms with Crippen molar-refractivity contribution in [2.45, 2.75) is 27.2 Å². The van der Waals surface area contributed by atoms with Crippen molar-refractivity contribution in [3.8, 4) is 5.75 Å². The number of hydrogen-bond donors (Lipinski definition) is 1. The molecule has 0 atom stereocenters. The predicted octanol–water partition coefficient (Wildman–Crippen LogP) is 3.41. The van der Waals surface area contributed by atoms with Crippen LogP contribution < -0.4 is 10.5 Å². The quantitative estimate of drug-likeness (QED) is 0.896. The molecule has 1 heterocycles. The van der Waals surface area contributed by atoms with E-state index < -0.39 is 0 Å². The number of benzene rings is 1. The van der Waals surface area contributed by atoms with Crippen molar-refractivity contribution in [2.75, 3.05) is 12.3 Å². The van der Waals surface area contributed by atoms with E-state index in [-0.39, 0.29) is 0 Å². The third-order valence-electron chi connectivity index (χ3n) is 2.79. The van der Waals surface area contributed by atoms with Crippen molar-refractivity contribution < 1.29 is 4.74 Å². The summed E-state index contributed by atoms with van der Waals surface area (Å²) in [6, 6.07) is 7.84. The Labute approximate surface area is 108 Å². The minimum atomic E-state index is 0.581. The summed E-state index contributed by atoms with van der Waals surface area (Å²) in [6.07, 6.45) is 0.952. The Morgan fingerprint density at radius 2 is 2.06 bits per heavy atom. The molecular formula is C15H20N2O. The number of rotatable bonds is 4. The highest BCUT2D eigenvalue weighted by Gasteiger charge is 2.06. The van der Waals surface area contributed by atoms with E-state index in [0.717, 1.165) is 34.5 Å². The van der Waals surface area contributed by atoms with Gasteiger partial charge in [0.25, 0.3) is 0 Å². The van der Waals surface area contributed by atoms with Crippen molar-refractivity contribution in [3.63, 3.8) is 0 Å². The topological polar surface area (TPSA) is 48.1 Å². The molecule has 0 spiro atoms. The first-order valence-electron chi connectivity index (χ1n) is 6.42. The van der Waals surface area contributed by atoms with Crippen LogP contribution in [0.1, 0.15) is 26.5 Å². The van der Waals surface area contributed by atoms with E-state index in [1.165, 1.54) is 0 Å². The van der Waals surface area contributed by atoms with Crippen LogP contribution in [0.25, 0.3) is 10.9 Å². The van der Waals surface area contributed by atoms with Gasteiger partial charge in [-0.3, -0.25) is 4.98 Å². The number of ether oxygens (including phenoxy) is 1. The summed E-state index contributed by atoms with van der Waals surface area (Å²) in [4.78, 5) is 4.64. The number of nitrogens with zero attached hydrogens (tertiary/aromatic N) is 1.